The Morgan fingerprint density at radius 2 is 1.57 bits per heavy atom. The molecule has 0 spiro atoms. The molecule has 4 rings (SSSR count). The fourth-order valence-corrected chi connectivity index (χ4v) is 14.6. The number of carbonyl (C=O) groups excluding carboxylic acids is 4. The van der Waals surface area contributed by atoms with E-state index in [1.54, 1.807) is 27.2 Å². The van der Waals surface area contributed by atoms with Crippen LogP contribution in [-0.4, -0.2) is 79.1 Å². The van der Waals surface area contributed by atoms with E-state index in [2.05, 4.69) is 82.7 Å². The molecule has 0 aromatic heterocycles. The molecule has 12 heteroatoms. The highest BCUT2D eigenvalue weighted by Gasteiger charge is 2.61. The molecule has 12 atom stereocenters. The number of ether oxygens (including phenoxy) is 1. The standard InChI is InChI=1S/C53H95N5O5S2/c1-11-30-64-65-31-25-47(59)57-46(20-17-37(7)12-2)51(62)58-45(21-22-48(60)63-34-36(5)6)50(61)56-29-14-28-55-40-23-26-52(9)39(33-40)18-19-41-42(52)24-27-53(10)43(41)32-38(8)49(53)44(54)16-13-15-35(3)4/h18,35-38,40-46,49,55H,11-17,19-34,54H2,1-10H3,(H,56,61)(H,57,59)(H,58,62). The number of amides is 3. The predicted octanol–water partition coefficient (Wildman–Crippen LogP) is 10.4. The van der Waals surface area contributed by atoms with Gasteiger partial charge in [-0.05, 0) is 148 Å². The maximum Gasteiger partial charge on any atom is 0.305 e. The Balaban J connectivity index is 1.30. The Morgan fingerprint density at radius 1 is 0.831 bits per heavy atom. The van der Waals surface area contributed by atoms with E-state index in [1.807, 2.05) is 13.8 Å². The minimum Gasteiger partial charge on any atom is -0.465 e. The molecule has 65 heavy (non-hydrogen) atoms. The van der Waals surface area contributed by atoms with Crippen LogP contribution >= 0.6 is 21.6 Å². The van der Waals surface area contributed by atoms with Crippen molar-refractivity contribution in [3.05, 3.63) is 11.6 Å². The summed E-state index contributed by atoms with van der Waals surface area (Å²) in [6.45, 7) is 24.3. The highest BCUT2D eigenvalue weighted by molar-refractivity contribution is 8.76. The van der Waals surface area contributed by atoms with E-state index in [-0.39, 0.29) is 41.9 Å². The second-order valence-corrected chi connectivity index (χ2v) is 25.1. The van der Waals surface area contributed by atoms with Gasteiger partial charge in [-0.25, -0.2) is 0 Å². The van der Waals surface area contributed by atoms with Crippen LogP contribution in [0.1, 0.15) is 185 Å². The third-order valence-electron chi connectivity index (χ3n) is 16.3. The minimum atomic E-state index is -0.924. The molecule has 4 aliphatic carbocycles. The molecule has 3 saturated carbocycles. The molecule has 374 valence electrons. The number of hydrogen-bond acceptors (Lipinski definition) is 9. The number of rotatable bonds is 29. The van der Waals surface area contributed by atoms with Crippen molar-refractivity contribution in [1.82, 2.24) is 21.3 Å². The summed E-state index contributed by atoms with van der Waals surface area (Å²) in [5, 5.41) is 12.8. The van der Waals surface area contributed by atoms with Gasteiger partial charge >= 0.3 is 5.97 Å². The van der Waals surface area contributed by atoms with Crippen molar-refractivity contribution >= 4 is 45.3 Å². The molecule has 4 aliphatic rings. The highest BCUT2D eigenvalue weighted by Crippen LogP contribution is 2.67. The van der Waals surface area contributed by atoms with Crippen LogP contribution in [0.2, 0.25) is 0 Å². The Morgan fingerprint density at radius 3 is 2.28 bits per heavy atom. The smallest absolute Gasteiger partial charge is 0.305 e. The van der Waals surface area contributed by atoms with Gasteiger partial charge < -0.3 is 31.7 Å². The van der Waals surface area contributed by atoms with Crippen molar-refractivity contribution in [1.29, 1.82) is 0 Å². The molecule has 10 nitrogen and oxygen atoms in total. The molecule has 0 bridgehead atoms. The lowest BCUT2D eigenvalue weighted by atomic mass is 9.47. The van der Waals surface area contributed by atoms with Gasteiger partial charge in [-0.15, -0.1) is 0 Å². The second kappa shape index (κ2) is 27.4. The number of allylic oxidation sites excluding steroid dienone is 1. The van der Waals surface area contributed by atoms with Gasteiger partial charge in [0.05, 0.1) is 6.61 Å². The van der Waals surface area contributed by atoms with E-state index in [1.165, 1.54) is 51.4 Å². The minimum absolute atomic E-state index is 0.00753. The number of nitrogens with two attached hydrogens (primary N) is 1. The lowest BCUT2D eigenvalue weighted by Gasteiger charge is -2.58. The average molecular weight is 947 g/mol. The molecule has 0 radical (unpaired) electrons. The van der Waals surface area contributed by atoms with Crippen LogP contribution in [0.3, 0.4) is 0 Å². The van der Waals surface area contributed by atoms with Gasteiger partial charge in [0.15, 0.2) is 0 Å². The number of carbonyl (C=O) groups is 4. The summed E-state index contributed by atoms with van der Waals surface area (Å²) in [5.74, 6) is 5.41. The second-order valence-electron chi connectivity index (χ2n) is 22.4. The zero-order valence-electron chi connectivity index (χ0n) is 42.7. The topological polar surface area (TPSA) is 152 Å². The van der Waals surface area contributed by atoms with Crippen molar-refractivity contribution in [2.24, 2.45) is 63.9 Å². The van der Waals surface area contributed by atoms with Crippen LogP contribution in [0.4, 0.5) is 0 Å². The van der Waals surface area contributed by atoms with Gasteiger partial charge in [0, 0.05) is 43.0 Å². The predicted molar refractivity (Wildman–Crippen MR) is 273 cm³/mol. The number of nitrogens with one attached hydrogen (secondary N) is 4. The van der Waals surface area contributed by atoms with E-state index in [4.69, 9.17) is 10.5 Å². The van der Waals surface area contributed by atoms with E-state index in [0.717, 1.165) is 74.5 Å². The fourth-order valence-electron chi connectivity index (χ4n) is 12.5. The molecule has 0 heterocycles. The van der Waals surface area contributed by atoms with E-state index in [9.17, 15) is 19.2 Å². The van der Waals surface area contributed by atoms with E-state index in [0.29, 0.717) is 67.0 Å². The molecule has 6 N–H and O–H groups in total. The Bertz CT molecular complexity index is 1530. The molecule has 0 aliphatic heterocycles. The van der Waals surface area contributed by atoms with Crippen LogP contribution < -0.4 is 27.0 Å². The summed E-state index contributed by atoms with van der Waals surface area (Å²) in [4.78, 5) is 53.2. The summed E-state index contributed by atoms with van der Waals surface area (Å²) in [5.41, 5.74) is 9.39. The van der Waals surface area contributed by atoms with Crippen LogP contribution in [0.15, 0.2) is 11.6 Å². The maximum absolute atomic E-state index is 13.8. The molecule has 12 unspecified atom stereocenters. The molecular formula is C53H95N5O5S2. The summed E-state index contributed by atoms with van der Waals surface area (Å²) < 4.78 is 5.41. The molecule has 0 aromatic carbocycles. The Labute approximate surface area is 404 Å². The van der Waals surface area contributed by atoms with Gasteiger partial charge in [-0.1, -0.05) is 122 Å². The van der Waals surface area contributed by atoms with Gasteiger partial charge in [0.25, 0.3) is 0 Å². The first-order valence-corrected chi connectivity index (χ1v) is 28.9. The van der Waals surface area contributed by atoms with Crippen molar-refractivity contribution in [3.8, 4) is 0 Å². The van der Waals surface area contributed by atoms with Crippen molar-refractivity contribution in [2.45, 2.75) is 209 Å². The third-order valence-corrected chi connectivity index (χ3v) is 18.9. The first-order valence-electron chi connectivity index (χ1n) is 26.4. The first-order chi connectivity index (χ1) is 30.9. The van der Waals surface area contributed by atoms with Crippen LogP contribution in [-0.2, 0) is 23.9 Å². The van der Waals surface area contributed by atoms with Crippen LogP contribution in [0.5, 0.6) is 0 Å². The van der Waals surface area contributed by atoms with Crippen LogP contribution in [0, 0.1) is 58.2 Å². The molecule has 0 aromatic rings. The van der Waals surface area contributed by atoms with Gasteiger partial charge in [0.2, 0.25) is 17.7 Å². The first kappa shape index (κ1) is 55.8. The lowest BCUT2D eigenvalue weighted by Crippen LogP contribution is -2.54. The summed E-state index contributed by atoms with van der Waals surface area (Å²) in [6.07, 6.45) is 19.5. The van der Waals surface area contributed by atoms with Crippen molar-refractivity contribution in [2.75, 3.05) is 31.2 Å². The normalized spacial score (nSPS) is 29.2. The Hall–Kier alpha value is -1.76. The maximum atomic E-state index is 13.8. The van der Waals surface area contributed by atoms with Crippen molar-refractivity contribution in [3.63, 3.8) is 0 Å². The summed E-state index contributed by atoms with van der Waals surface area (Å²) >= 11 is 0. The SMILES string of the molecule is CCCSSCCC(=O)NC(CCC(C)CC)C(=O)NC(CCC(=O)OCC(C)C)C(=O)NCCCNC1CCC2(C)C(=CCC3C2CCC2(C)C3CC(C)C2C(N)CCCC(C)C)C1. The largest absolute Gasteiger partial charge is 0.465 e. The Kier molecular flexibility index (Phi) is 23.6. The summed E-state index contributed by atoms with van der Waals surface area (Å²) in [6, 6.07) is -0.939. The zero-order valence-corrected chi connectivity index (χ0v) is 44.3. The molecule has 0 saturated heterocycles. The van der Waals surface area contributed by atoms with E-state index >= 15 is 0 Å². The third kappa shape index (κ3) is 16.4. The molecule has 3 fully saturated rings. The monoisotopic (exact) mass is 946 g/mol. The van der Waals surface area contributed by atoms with Gasteiger partial charge in [-0.3, -0.25) is 19.2 Å². The quantitative estimate of drug-likeness (QED) is 0.0214. The molecular weight excluding hydrogens is 851 g/mol. The number of hydrogen-bond donors (Lipinski definition) is 5. The zero-order chi connectivity index (χ0) is 47.7. The number of fused-ring (bicyclic) bond motifs is 5. The van der Waals surface area contributed by atoms with Crippen molar-refractivity contribution < 1.29 is 23.9 Å². The summed E-state index contributed by atoms with van der Waals surface area (Å²) in [7, 11) is 3.43. The highest BCUT2D eigenvalue weighted by atomic mass is 33.1. The lowest BCUT2D eigenvalue weighted by molar-refractivity contribution is -0.145. The average Bonchev–Trinajstić information content (AvgIpc) is 3.54. The van der Waals surface area contributed by atoms with Gasteiger partial charge in [-0.2, -0.15) is 0 Å². The van der Waals surface area contributed by atoms with Crippen LogP contribution in [0.25, 0.3) is 0 Å². The molecule has 3 amide bonds. The number of esters is 1. The van der Waals surface area contributed by atoms with Gasteiger partial charge in [0.1, 0.15) is 12.1 Å². The van der Waals surface area contributed by atoms with E-state index < -0.39 is 18.1 Å². The fraction of sp³-hybridized carbons (Fsp3) is 0.887.